The molecule has 1 saturated carbocycles. The van der Waals surface area contributed by atoms with E-state index in [2.05, 4.69) is 32.7 Å². The maximum atomic E-state index is 10.5. The molecule has 1 aliphatic carbocycles. The summed E-state index contributed by atoms with van der Waals surface area (Å²) in [6, 6.07) is 14.2. The first-order valence-corrected chi connectivity index (χ1v) is 11.3. The Kier molecular flexibility index (Phi) is 8.91. The topological polar surface area (TPSA) is 78.8 Å². The van der Waals surface area contributed by atoms with E-state index in [4.69, 9.17) is 4.74 Å². The van der Waals surface area contributed by atoms with Gasteiger partial charge in [0.2, 0.25) is 5.88 Å². The summed E-state index contributed by atoms with van der Waals surface area (Å²) in [6.45, 7) is 0.980. The van der Waals surface area contributed by atoms with Crippen LogP contribution >= 0.6 is 35.3 Å². The molecular formula is C23H29IN4O2S. The Balaban J connectivity index is 0.00000272. The number of pyridine rings is 1. The van der Waals surface area contributed by atoms with Crippen molar-refractivity contribution >= 4 is 51.4 Å². The fourth-order valence-corrected chi connectivity index (χ4v) is 4.68. The molecule has 4 rings (SSSR count). The zero-order valence-electron chi connectivity index (χ0n) is 17.6. The van der Waals surface area contributed by atoms with E-state index in [-0.39, 0.29) is 24.0 Å². The zero-order chi connectivity index (χ0) is 20.8. The maximum absolute atomic E-state index is 10.5. The number of halogens is 1. The van der Waals surface area contributed by atoms with Crippen molar-refractivity contribution in [3.05, 3.63) is 59.1 Å². The van der Waals surface area contributed by atoms with Crippen molar-refractivity contribution in [1.29, 1.82) is 0 Å². The van der Waals surface area contributed by atoms with E-state index in [0.717, 1.165) is 28.7 Å². The molecule has 2 aromatic heterocycles. The van der Waals surface area contributed by atoms with Gasteiger partial charge in [-0.1, -0.05) is 24.3 Å². The Bertz CT molecular complexity index is 954. The summed E-state index contributed by atoms with van der Waals surface area (Å²) in [4.78, 5) is 9.60. The number of aromatic nitrogens is 1. The summed E-state index contributed by atoms with van der Waals surface area (Å²) in [7, 11) is 1.72. The number of aliphatic imine (C=N–C) groups is 1. The highest BCUT2D eigenvalue weighted by molar-refractivity contribution is 14.0. The molecule has 0 saturated heterocycles. The van der Waals surface area contributed by atoms with Crippen LogP contribution in [0, 0.1) is 0 Å². The molecule has 3 N–H and O–H groups in total. The number of hydrogen-bond donors (Lipinski definition) is 3. The van der Waals surface area contributed by atoms with Gasteiger partial charge in [0.25, 0.3) is 0 Å². The van der Waals surface area contributed by atoms with Gasteiger partial charge in [-0.3, -0.25) is 4.99 Å². The molecule has 0 aliphatic heterocycles. The second-order valence-corrected chi connectivity index (χ2v) is 8.65. The summed E-state index contributed by atoms with van der Waals surface area (Å²) in [5.41, 5.74) is 1.04. The maximum Gasteiger partial charge on any atom is 0.213 e. The van der Waals surface area contributed by atoms with Crippen molar-refractivity contribution in [3.63, 3.8) is 0 Å². The largest absolute Gasteiger partial charge is 0.474 e. The third-order valence-electron chi connectivity index (χ3n) is 5.31. The Hall–Kier alpha value is -1.91. The monoisotopic (exact) mass is 552 g/mol. The van der Waals surface area contributed by atoms with E-state index in [1.54, 1.807) is 18.4 Å². The van der Waals surface area contributed by atoms with Gasteiger partial charge in [-0.2, -0.15) is 0 Å². The smallest absolute Gasteiger partial charge is 0.213 e. The van der Waals surface area contributed by atoms with Gasteiger partial charge in [-0.15, -0.1) is 35.3 Å². The van der Waals surface area contributed by atoms with Gasteiger partial charge in [-0.25, -0.2) is 4.98 Å². The van der Waals surface area contributed by atoms with Crippen molar-refractivity contribution < 1.29 is 9.84 Å². The van der Waals surface area contributed by atoms with Gasteiger partial charge in [0.05, 0.1) is 0 Å². The van der Waals surface area contributed by atoms with E-state index < -0.39 is 6.10 Å². The van der Waals surface area contributed by atoms with Gasteiger partial charge >= 0.3 is 0 Å². The van der Waals surface area contributed by atoms with Crippen LogP contribution in [0.1, 0.15) is 42.2 Å². The lowest BCUT2D eigenvalue weighted by Gasteiger charge is -2.15. The molecule has 0 radical (unpaired) electrons. The normalized spacial score (nSPS) is 15.5. The molecule has 0 bridgehead atoms. The lowest BCUT2D eigenvalue weighted by molar-refractivity contribution is 0.184. The fourth-order valence-electron chi connectivity index (χ4n) is 3.63. The molecule has 1 aromatic carbocycles. The third kappa shape index (κ3) is 6.54. The number of thiophene rings is 1. The molecule has 8 heteroatoms. The second kappa shape index (κ2) is 11.6. The van der Waals surface area contributed by atoms with E-state index in [1.165, 1.54) is 17.5 Å². The van der Waals surface area contributed by atoms with Gasteiger partial charge in [0, 0.05) is 42.0 Å². The predicted octanol–water partition coefficient (Wildman–Crippen LogP) is 4.63. The zero-order valence-corrected chi connectivity index (χ0v) is 20.7. The van der Waals surface area contributed by atoms with Crippen LogP contribution in [0.2, 0.25) is 0 Å². The first-order chi connectivity index (χ1) is 14.7. The van der Waals surface area contributed by atoms with Crippen LogP contribution in [0.5, 0.6) is 5.88 Å². The van der Waals surface area contributed by atoms with Crippen LogP contribution in [-0.2, 0) is 6.54 Å². The first kappa shape index (κ1) is 23.7. The first-order valence-electron chi connectivity index (χ1n) is 10.4. The molecule has 1 atom stereocenters. The highest BCUT2D eigenvalue weighted by Crippen LogP contribution is 2.29. The SMILES string of the molecule is CN=C(NCc1ccc(OC2CCCC2)nc1)NCC(O)c1cc2ccccc2s1.I. The number of nitrogens with zero attached hydrogens (tertiary/aromatic N) is 2. The number of benzene rings is 1. The average Bonchev–Trinajstić information content (AvgIpc) is 3.44. The average molecular weight is 552 g/mol. The van der Waals surface area contributed by atoms with Crippen LogP contribution in [0.25, 0.3) is 10.1 Å². The number of fused-ring (bicyclic) bond motifs is 1. The predicted molar refractivity (Wildman–Crippen MR) is 138 cm³/mol. The Morgan fingerprint density at radius 1 is 1.23 bits per heavy atom. The molecule has 0 amide bonds. The molecule has 166 valence electrons. The Labute approximate surface area is 204 Å². The van der Waals surface area contributed by atoms with Crippen LogP contribution in [0.4, 0.5) is 0 Å². The number of guanidine groups is 1. The highest BCUT2D eigenvalue weighted by atomic mass is 127. The van der Waals surface area contributed by atoms with Crippen molar-refractivity contribution in [2.45, 2.75) is 44.4 Å². The van der Waals surface area contributed by atoms with Crippen molar-refractivity contribution in [1.82, 2.24) is 15.6 Å². The molecule has 31 heavy (non-hydrogen) atoms. The van der Waals surface area contributed by atoms with Crippen LogP contribution < -0.4 is 15.4 Å². The highest BCUT2D eigenvalue weighted by Gasteiger charge is 2.17. The summed E-state index contributed by atoms with van der Waals surface area (Å²) in [5.74, 6) is 1.33. The van der Waals surface area contributed by atoms with Crippen LogP contribution in [0.15, 0.2) is 53.7 Å². The minimum absolute atomic E-state index is 0. The summed E-state index contributed by atoms with van der Waals surface area (Å²) < 4.78 is 7.09. The molecule has 1 unspecified atom stereocenters. The van der Waals surface area contributed by atoms with Crippen molar-refractivity contribution in [3.8, 4) is 5.88 Å². The quantitative estimate of drug-likeness (QED) is 0.226. The lowest BCUT2D eigenvalue weighted by Crippen LogP contribution is -2.38. The number of aliphatic hydroxyl groups excluding tert-OH is 1. The molecule has 2 heterocycles. The molecule has 6 nitrogen and oxygen atoms in total. The molecule has 0 spiro atoms. The molecule has 1 aliphatic rings. The second-order valence-electron chi connectivity index (χ2n) is 7.54. The number of nitrogens with one attached hydrogen (secondary N) is 2. The molecule has 1 fully saturated rings. The van der Waals surface area contributed by atoms with Crippen molar-refractivity contribution in [2.75, 3.05) is 13.6 Å². The minimum Gasteiger partial charge on any atom is -0.474 e. The van der Waals surface area contributed by atoms with E-state index in [0.29, 0.717) is 31.0 Å². The number of hydrogen-bond acceptors (Lipinski definition) is 5. The number of aliphatic hydroxyl groups is 1. The Morgan fingerprint density at radius 3 is 2.74 bits per heavy atom. The van der Waals surface area contributed by atoms with Crippen molar-refractivity contribution in [2.24, 2.45) is 4.99 Å². The lowest BCUT2D eigenvalue weighted by atomic mass is 10.2. The Morgan fingerprint density at radius 2 is 2.03 bits per heavy atom. The van der Waals surface area contributed by atoms with Crippen LogP contribution in [-0.4, -0.2) is 35.7 Å². The van der Waals surface area contributed by atoms with Gasteiger partial charge in [0.1, 0.15) is 12.2 Å². The summed E-state index contributed by atoms with van der Waals surface area (Å²) >= 11 is 1.62. The molecular weight excluding hydrogens is 523 g/mol. The summed E-state index contributed by atoms with van der Waals surface area (Å²) in [5, 5.41) is 18.2. The van der Waals surface area contributed by atoms with Gasteiger partial charge in [-0.05, 0) is 48.8 Å². The number of rotatable bonds is 7. The number of ether oxygens (including phenoxy) is 1. The van der Waals surface area contributed by atoms with Gasteiger partial charge < -0.3 is 20.5 Å². The fraction of sp³-hybridized carbons (Fsp3) is 0.391. The van der Waals surface area contributed by atoms with Gasteiger partial charge in [0.15, 0.2) is 5.96 Å². The third-order valence-corrected chi connectivity index (χ3v) is 6.52. The summed E-state index contributed by atoms with van der Waals surface area (Å²) in [6.07, 6.45) is 6.30. The molecule has 3 aromatic rings. The standard InChI is InChI=1S/C23H28N4O2S.HI/c1-24-23(27-15-19(28)21-12-17-6-2-5-9-20(17)30-21)26-14-16-10-11-22(25-13-16)29-18-7-3-4-8-18;/h2,5-6,9-13,18-19,28H,3-4,7-8,14-15H2,1H3,(H2,24,26,27);1H. The van der Waals surface area contributed by atoms with E-state index >= 15 is 0 Å². The minimum atomic E-state index is -0.588. The van der Waals surface area contributed by atoms with E-state index in [9.17, 15) is 5.11 Å². The van der Waals surface area contributed by atoms with E-state index in [1.807, 2.05) is 36.5 Å². The van der Waals surface area contributed by atoms with Crippen LogP contribution in [0.3, 0.4) is 0 Å².